The average Bonchev–Trinajstić information content (AvgIpc) is 2.60. The Morgan fingerprint density at radius 2 is 1.68 bits per heavy atom. The Morgan fingerprint density at radius 3 is 2.36 bits per heavy atom. The molecule has 3 aromatic carbocycles. The highest BCUT2D eigenvalue weighted by Gasteiger charge is 2.09. The van der Waals surface area contributed by atoms with Crippen LogP contribution in [0.5, 0.6) is 0 Å². The lowest BCUT2D eigenvalue weighted by Gasteiger charge is -2.09. The minimum atomic E-state index is -0.499. The van der Waals surface area contributed by atoms with Crippen LogP contribution in [0.4, 0.5) is 5.69 Å². The molecule has 3 rings (SSSR count). The van der Waals surface area contributed by atoms with Gasteiger partial charge in [-0.15, -0.1) is 11.8 Å². The van der Waals surface area contributed by atoms with Gasteiger partial charge in [-0.2, -0.15) is 0 Å². The summed E-state index contributed by atoms with van der Waals surface area (Å²) >= 11 is 7.72. The molecule has 0 saturated heterocycles. The molecule has 2 amide bonds. The molecule has 0 radical (unpaired) electrons. The molecule has 0 spiro atoms. The molecular weight excluding hydrogens is 356 g/mol. The van der Waals surface area contributed by atoms with E-state index >= 15 is 0 Å². The highest BCUT2D eigenvalue weighted by Crippen LogP contribution is 2.33. The molecule has 0 atom stereocenters. The van der Waals surface area contributed by atoms with Gasteiger partial charge in [-0.25, -0.2) is 0 Å². The first-order chi connectivity index (χ1) is 12.0. The van der Waals surface area contributed by atoms with E-state index in [0.29, 0.717) is 16.3 Å². The van der Waals surface area contributed by atoms with Crippen LogP contribution >= 0.6 is 23.4 Å². The second-order valence-electron chi connectivity index (χ2n) is 5.37. The summed E-state index contributed by atoms with van der Waals surface area (Å²) in [6.45, 7) is 0. The van der Waals surface area contributed by atoms with Gasteiger partial charge in [0, 0.05) is 26.6 Å². The molecule has 0 aliphatic heterocycles. The van der Waals surface area contributed by atoms with Crippen LogP contribution in [0.25, 0.3) is 10.8 Å². The predicted molar refractivity (Wildman–Crippen MR) is 103 cm³/mol. The number of nitrogens with one attached hydrogen (secondary N) is 1. The maximum atomic E-state index is 12.2. The zero-order chi connectivity index (χ0) is 17.8. The molecule has 3 N–H and O–H groups in total. The van der Waals surface area contributed by atoms with Crippen molar-refractivity contribution in [3.63, 3.8) is 0 Å². The van der Waals surface area contributed by atoms with E-state index in [4.69, 9.17) is 17.3 Å². The van der Waals surface area contributed by atoms with Crippen LogP contribution in [-0.4, -0.2) is 17.6 Å². The molecule has 0 heterocycles. The highest BCUT2D eigenvalue weighted by molar-refractivity contribution is 8.00. The van der Waals surface area contributed by atoms with E-state index in [1.54, 1.807) is 24.3 Å². The second-order valence-corrected chi connectivity index (χ2v) is 6.80. The fourth-order valence-electron chi connectivity index (χ4n) is 2.44. The first kappa shape index (κ1) is 17.3. The summed E-state index contributed by atoms with van der Waals surface area (Å²) in [6.07, 6.45) is 0. The molecule has 0 aliphatic rings. The quantitative estimate of drug-likeness (QED) is 0.657. The number of primary amides is 1. The van der Waals surface area contributed by atoms with Crippen LogP contribution in [0.1, 0.15) is 10.4 Å². The number of hydrogen-bond donors (Lipinski definition) is 2. The van der Waals surface area contributed by atoms with Crippen LogP contribution < -0.4 is 11.1 Å². The Bertz CT molecular complexity index is 937. The molecule has 0 unspecified atom stereocenters. The Kier molecular flexibility index (Phi) is 5.26. The average molecular weight is 371 g/mol. The molecule has 0 bridgehead atoms. The molecule has 0 saturated carbocycles. The monoisotopic (exact) mass is 370 g/mol. The normalized spacial score (nSPS) is 10.6. The fourth-order valence-corrected chi connectivity index (χ4v) is 3.69. The fraction of sp³-hybridized carbons (Fsp3) is 0.0526. The van der Waals surface area contributed by atoms with E-state index in [1.807, 2.05) is 36.4 Å². The van der Waals surface area contributed by atoms with E-state index in [-0.39, 0.29) is 11.7 Å². The Labute approximate surface area is 154 Å². The molecule has 0 aromatic heterocycles. The van der Waals surface area contributed by atoms with Crippen molar-refractivity contribution in [3.05, 3.63) is 71.2 Å². The number of fused-ring (bicyclic) bond motifs is 1. The van der Waals surface area contributed by atoms with Gasteiger partial charge in [0.25, 0.3) is 0 Å². The standard InChI is InChI=1S/C19H15ClN2O2S/c20-15-5-1-3-12-4-2-6-16(18(12)15)25-11-17(23)22-14-9-7-13(8-10-14)19(21)24/h1-10H,11H2,(H2,21,24)(H,22,23). The van der Waals surface area contributed by atoms with Crippen LogP contribution in [0.15, 0.2) is 65.6 Å². The third kappa shape index (κ3) is 4.13. The largest absolute Gasteiger partial charge is 0.366 e. The van der Waals surface area contributed by atoms with Crippen molar-refractivity contribution in [2.45, 2.75) is 4.90 Å². The van der Waals surface area contributed by atoms with E-state index in [9.17, 15) is 9.59 Å². The van der Waals surface area contributed by atoms with Crippen molar-refractivity contribution in [2.75, 3.05) is 11.1 Å². The molecule has 0 fully saturated rings. The first-order valence-corrected chi connectivity index (χ1v) is 8.91. The van der Waals surface area contributed by atoms with Crippen molar-refractivity contribution >= 4 is 51.6 Å². The van der Waals surface area contributed by atoms with Crippen molar-refractivity contribution < 1.29 is 9.59 Å². The van der Waals surface area contributed by atoms with Gasteiger partial charge in [0.05, 0.1) is 5.75 Å². The third-order valence-electron chi connectivity index (χ3n) is 3.63. The lowest BCUT2D eigenvalue weighted by molar-refractivity contribution is -0.113. The van der Waals surface area contributed by atoms with Gasteiger partial charge in [-0.05, 0) is 41.8 Å². The third-order valence-corrected chi connectivity index (χ3v) is 5.00. The van der Waals surface area contributed by atoms with Crippen molar-refractivity contribution in [1.82, 2.24) is 0 Å². The zero-order valence-corrected chi connectivity index (χ0v) is 14.7. The molecule has 6 heteroatoms. The molecule has 0 aliphatic carbocycles. The van der Waals surface area contributed by atoms with Gasteiger partial charge < -0.3 is 11.1 Å². The first-order valence-electron chi connectivity index (χ1n) is 7.54. The van der Waals surface area contributed by atoms with Gasteiger partial charge in [0.1, 0.15) is 0 Å². The Morgan fingerprint density at radius 1 is 1.00 bits per heavy atom. The zero-order valence-electron chi connectivity index (χ0n) is 13.2. The van der Waals surface area contributed by atoms with Gasteiger partial charge in [-0.1, -0.05) is 35.9 Å². The maximum Gasteiger partial charge on any atom is 0.248 e. The van der Waals surface area contributed by atoms with Crippen LogP contribution in [-0.2, 0) is 4.79 Å². The highest BCUT2D eigenvalue weighted by atomic mass is 35.5. The number of carbonyl (C=O) groups excluding carboxylic acids is 2. The molecule has 4 nitrogen and oxygen atoms in total. The van der Waals surface area contributed by atoms with Gasteiger partial charge in [-0.3, -0.25) is 9.59 Å². The molecular formula is C19H15ClN2O2S. The maximum absolute atomic E-state index is 12.2. The van der Waals surface area contributed by atoms with Gasteiger partial charge >= 0.3 is 0 Å². The van der Waals surface area contributed by atoms with E-state index in [0.717, 1.165) is 15.7 Å². The number of hydrogen-bond acceptors (Lipinski definition) is 3. The number of amides is 2. The molecule has 25 heavy (non-hydrogen) atoms. The molecule has 126 valence electrons. The minimum absolute atomic E-state index is 0.138. The summed E-state index contributed by atoms with van der Waals surface area (Å²) in [5.41, 5.74) is 6.21. The minimum Gasteiger partial charge on any atom is -0.366 e. The SMILES string of the molecule is NC(=O)c1ccc(NC(=O)CSc2cccc3cccc(Cl)c23)cc1. The lowest BCUT2D eigenvalue weighted by Crippen LogP contribution is -2.15. The summed E-state index contributed by atoms with van der Waals surface area (Å²) < 4.78 is 0. The number of anilines is 1. The number of thioether (sulfide) groups is 1. The number of carbonyl (C=O) groups is 2. The van der Waals surface area contributed by atoms with Gasteiger partial charge in [0.2, 0.25) is 11.8 Å². The molecule has 3 aromatic rings. The van der Waals surface area contributed by atoms with E-state index in [2.05, 4.69) is 5.32 Å². The summed E-state index contributed by atoms with van der Waals surface area (Å²) in [6, 6.07) is 18.1. The second kappa shape index (κ2) is 7.59. The van der Waals surface area contributed by atoms with Gasteiger partial charge in [0.15, 0.2) is 0 Å². The summed E-state index contributed by atoms with van der Waals surface area (Å²) in [4.78, 5) is 24.2. The lowest BCUT2D eigenvalue weighted by atomic mass is 10.1. The topological polar surface area (TPSA) is 72.2 Å². The Hall–Kier alpha value is -2.50. The predicted octanol–water partition coefficient (Wildman–Crippen LogP) is 4.32. The van der Waals surface area contributed by atoms with Crippen molar-refractivity contribution in [3.8, 4) is 0 Å². The van der Waals surface area contributed by atoms with Crippen molar-refractivity contribution in [1.29, 1.82) is 0 Å². The number of halogens is 1. The number of benzene rings is 3. The summed E-state index contributed by atoms with van der Waals surface area (Å²) in [5.74, 6) is -0.385. The van der Waals surface area contributed by atoms with Crippen molar-refractivity contribution in [2.24, 2.45) is 5.73 Å². The van der Waals surface area contributed by atoms with Crippen LogP contribution in [0.3, 0.4) is 0 Å². The van der Waals surface area contributed by atoms with Crippen LogP contribution in [0, 0.1) is 0 Å². The van der Waals surface area contributed by atoms with E-state index in [1.165, 1.54) is 11.8 Å². The number of nitrogens with two attached hydrogens (primary N) is 1. The smallest absolute Gasteiger partial charge is 0.248 e. The summed E-state index contributed by atoms with van der Waals surface area (Å²) in [7, 11) is 0. The summed E-state index contributed by atoms with van der Waals surface area (Å²) in [5, 5.41) is 5.46. The van der Waals surface area contributed by atoms with Crippen LogP contribution in [0.2, 0.25) is 5.02 Å². The Balaban J connectivity index is 1.68. The van der Waals surface area contributed by atoms with E-state index < -0.39 is 5.91 Å². The number of rotatable bonds is 5.